The van der Waals surface area contributed by atoms with Crippen LogP contribution in [0.15, 0.2) is 35.2 Å². The summed E-state index contributed by atoms with van der Waals surface area (Å²) in [6.07, 6.45) is 1.97. The molecule has 1 unspecified atom stereocenters. The summed E-state index contributed by atoms with van der Waals surface area (Å²) in [5, 5.41) is 16.9. The summed E-state index contributed by atoms with van der Waals surface area (Å²) in [6, 6.07) is 5.63. The van der Waals surface area contributed by atoms with E-state index in [1.807, 2.05) is 35.9 Å². The van der Waals surface area contributed by atoms with Gasteiger partial charge < -0.3 is 10.4 Å². The SMILES string of the molecule is Cc1ccc(CC(=O)NCC(C)(O)c2ccsc2)cn1. The second-order valence-electron chi connectivity index (χ2n) is 5.05. The monoisotopic (exact) mass is 290 g/mol. The zero-order chi connectivity index (χ0) is 14.6. The van der Waals surface area contributed by atoms with Gasteiger partial charge >= 0.3 is 0 Å². The summed E-state index contributed by atoms with van der Waals surface area (Å²) in [5.74, 6) is -0.119. The third-order valence-corrected chi connectivity index (χ3v) is 3.79. The minimum absolute atomic E-state index is 0.119. The van der Waals surface area contributed by atoms with E-state index in [2.05, 4.69) is 10.3 Å². The van der Waals surface area contributed by atoms with Gasteiger partial charge in [0.2, 0.25) is 5.91 Å². The molecule has 2 rings (SSSR count). The molecule has 5 heteroatoms. The Bertz CT molecular complexity index is 562. The number of aliphatic hydroxyl groups is 1. The molecule has 20 heavy (non-hydrogen) atoms. The first kappa shape index (κ1) is 14.7. The molecule has 106 valence electrons. The topological polar surface area (TPSA) is 62.2 Å². The maximum atomic E-state index is 11.9. The van der Waals surface area contributed by atoms with E-state index < -0.39 is 5.60 Å². The Morgan fingerprint density at radius 3 is 2.85 bits per heavy atom. The minimum Gasteiger partial charge on any atom is -0.384 e. The van der Waals surface area contributed by atoms with Gasteiger partial charge in [-0.15, -0.1) is 0 Å². The summed E-state index contributed by atoms with van der Waals surface area (Å²) >= 11 is 1.52. The highest BCUT2D eigenvalue weighted by atomic mass is 32.1. The number of nitrogens with one attached hydrogen (secondary N) is 1. The zero-order valence-electron chi connectivity index (χ0n) is 11.6. The van der Waals surface area contributed by atoms with Crippen LogP contribution in [0.25, 0.3) is 0 Å². The summed E-state index contributed by atoms with van der Waals surface area (Å²) in [5.41, 5.74) is 1.57. The summed E-state index contributed by atoms with van der Waals surface area (Å²) < 4.78 is 0. The molecule has 0 aliphatic carbocycles. The molecule has 1 atom stereocenters. The fraction of sp³-hybridized carbons (Fsp3) is 0.333. The smallest absolute Gasteiger partial charge is 0.224 e. The number of aromatic nitrogens is 1. The predicted molar refractivity (Wildman–Crippen MR) is 79.6 cm³/mol. The number of carbonyl (C=O) groups is 1. The van der Waals surface area contributed by atoms with Crippen molar-refractivity contribution in [2.45, 2.75) is 25.9 Å². The van der Waals surface area contributed by atoms with Gasteiger partial charge in [0.25, 0.3) is 0 Å². The Kier molecular flexibility index (Phi) is 4.52. The number of nitrogens with zero attached hydrogens (tertiary/aromatic N) is 1. The number of carbonyl (C=O) groups excluding carboxylic acids is 1. The van der Waals surface area contributed by atoms with E-state index in [0.29, 0.717) is 0 Å². The van der Waals surface area contributed by atoms with Crippen molar-refractivity contribution in [1.82, 2.24) is 10.3 Å². The first-order valence-corrected chi connectivity index (χ1v) is 7.35. The number of amides is 1. The van der Waals surface area contributed by atoms with Gasteiger partial charge in [-0.05, 0) is 47.9 Å². The molecule has 0 saturated heterocycles. The highest BCUT2D eigenvalue weighted by Crippen LogP contribution is 2.21. The van der Waals surface area contributed by atoms with E-state index in [1.54, 1.807) is 13.1 Å². The Morgan fingerprint density at radius 1 is 1.45 bits per heavy atom. The Morgan fingerprint density at radius 2 is 2.25 bits per heavy atom. The van der Waals surface area contributed by atoms with Gasteiger partial charge in [-0.3, -0.25) is 9.78 Å². The molecule has 0 radical (unpaired) electrons. The van der Waals surface area contributed by atoms with Crippen LogP contribution in [0.2, 0.25) is 0 Å². The third kappa shape index (κ3) is 3.88. The summed E-state index contributed by atoms with van der Waals surface area (Å²) in [7, 11) is 0. The van der Waals surface area contributed by atoms with E-state index >= 15 is 0 Å². The standard InChI is InChI=1S/C15H18N2O2S/c1-11-3-4-12(8-16-11)7-14(18)17-10-15(2,19)13-5-6-20-9-13/h3-6,8-9,19H,7,10H2,1-2H3,(H,17,18). The Balaban J connectivity index is 1.88. The lowest BCUT2D eigenvalue weighted by atomic mass is 9.99. The molecule has 0 aliphatic rings. The van der Waals surface area contributed by atoms with Gasteiger partial charge in [0.1, 0.15) is 5.60 Å². The molecule has 2 heterocycles. The van der Waals surface area contributed by atoms with E-state index in [0.717, 1.165) is 16.8 Å². The molecule has 2 aromatic heterocycles. The number of hydrogen-bond acceptors (Lipinski definition) is 4. The molecule has 0 spiro atoms. The molecular weight excluding hydrogens is 272 g/mol. The highest BCUT2D eigenvalue weighted by Gasteiger charge is 2.24. The average Bonchev–Trinajstić information content (AvgIpc) is 2.94. The van der Waals surface area contributed by atoms with Gasteiger partial charge in [0, 0.05) is 11.9 Å². The molecule has 0 aromatic carbocycles. The van der Waals surface area contributed by atoms with Crippen molar-refractivity contribution in [3.8, 4) is 0 Å². The lowest BCUT2D eigenvalue weighted by Crippen LogP contribution is -2.39. The summed E-state index contributed by atoms with van der Waals surface area (Å²) in [4.78, 5) is 16.0. The van der Waals surface area contributed by atoms with Crippen molar-refractivity contribution >= 4 is 17.2 Å². The first-order valence-electron chi connectivity index (χ1n) is 6.41. The molecule has 0 bridgehead atoms. The van der Waals surface area contributed by atoms with Crippen molar-refractivity contribution in [3.05, 3.63) is 52.0 Å². The third-order valence-electron chi connectivity index (χ3n) is 3.11. The van der Waals surface area contributed by atoms with Crippen molar-refractivity contribution in [2.24, 2.45) is 0 Å². The van der Waals surface area contributed by atoms with E-state index in [4.69, 9.17) is 0 Å². The number of rotatable bonds is 5. The van der Waals surface area contributed by atoms with Crippen LogP contribution in [-0.2, 0) is 16.8 Å². The van der Waals surface area contributed by atoms with Gasteiger partial charge in [0.15, 0.2) is 0 Å². The quantitative estimate of drug-likeness (QED) is 0.885. The molecular formula is C15H18N2O2S. The van der Waals surface area contributed by atoms with Crippen molar-refractivity contribution in [1.29, 1.82) is 0 Å². The predicted octanol–water partition coefficient (Wildman–Crippen LogP) is 2.02. The molecule has 4 nitrogen and oxygen atoms in total. The highest BCUT2D eigenvalue weighted by molar-refractivity contribution is 7.08. The lowest BCUT2D eigenvalue weighted by Gasteiger charge is -2.22. The molecule has 1 amide bonds. The maximum Gasteiger partial charge on any atom is 0.224 e. The van der Waals surface area contributed by atoms with Gasteiger partial charge in [-0.2, -0.15) is 11.3 Å². The van der Waals surface area contributed by atoms with E-state index in [1.165, 1.54) is 11.3 Å². The summed E-state index contributed by atoms with van der Waals surface area (Å²) in [6.45, 7) is 3.80. The molecule has 2 N–H and O–H groups in total. The number of hydrogen-bond donors (Lipinski definition) is 2. The second-order valence-corrected chi connectivity index (χ2v) is 5.83. The minimum atomic E-state index is -1.04. The average molecular weight is 290 g/mol. The number of thiophene rings is 1. The number of aryl methyl sites for hydroxylation is 1. The van der Waals surface area contributed by atoms with Crippen LogP contribution in [0.1, 0.15) is 23.7 Å². The Labute approximate surface area is 122 Å². The normalized spacial score (nSPS) is 13.8. The molecule has 2 aromatic rings. The van der Waals surface area contributed by atoms with Crippen LogP contribution in [0.5, 0.6) is 0 Å². The van der Waals surface area contributed by atoms with Crippen LogP contribution in [-0.4, -0.2) is 22.5 Å². The van der Waals surface area contributed by atoms with Crippen LogP contribution in [0.3, 0.4) is 0 Å². The van der Waals surface area contributed by atoms with Crippen LogP contribution < -0.4 is 5.32 Å². The van der Waals surface area contributed by atoms with Gasteiger partial charge in [-0.25, -0.2) is 0 Å². The molecule has 0 aliphatic heterocycles. The van der Waals surface area contributed by atoms with Crippen molar-refractivity contribution in [3.63, 3.8) is 0 Å². The lowest BCUT2D eigenvalue weighted by molar-refractivity contribution is -0.121. The maximum absolute atomic E-state index is 11.9. The van der Waals surface area contributed by atoms with Crippen molar-refractivity contribution in [2.75, 3.05) is 6.54 Å². The first-order chi connectivity index (χ1) is 9.47. The molecule has 0 saturated carbocycles. The number of pyridine rings is 1. The zero-order valence-corrected chi connectivity index (χ0v) is 12.4. The largest absolute Gasteiger partial charge is 0.384 e. The van der Waals surface area contributed by atoms with Crippen LogP contribution >= 0.6 is 11.3 Å². The fourth-order valence-electron chi connectivity index (χ4n) is 1.79. The van der Waals surface area contributed by atoms with Crippen molar-refractivity contribution < 1.29 is 9.90 Å². The van der Waals surface area contributed by atoms with E-state index in [9.17, 15) is 9.90 Å². The Hall–Kier alpha value is -1.72. The van der Waals surface area contributed by atoms with E-state index in [-0.39, 0.29) is 18.9 Å². The van der Waals surface area contributed by atoms with Gasteiger partial charge in [0.05, 0.1) is 13.0 Å². The molecule has 0 fully saturated rings. The van der Waals surface area contributed by atoms with Crippen LogP contribution in [0, 0.1) is 6.92 Å². The van der Waals surface area contributed by atoms with Gasteiger partial charge in [-0.1, -0.05) is 6.07 Å². The fourth-order valence-corrected chi connectivity index (χ4v) is 2.58. The van der Waals surface area contributed by atoms with Crippen LogP contribution in [0.4, 0.5) is 0 Å². The second kappa shape index (κ2) is 6.15.